The number of carbonyl (C=O) groups is 2. The van der Waals surface area contributed by atoms with E-state index < -0.39 is 0 Å². The molecule has 2 fully saturated rings. The highest BCUT2D eigenvalue weighted by atomic mass is 16.2. The van der Waals surface area contributed by atoms with Crippen LogP contribution in [0.5, 0.6) is 0 Å². The molecule has 2 aliphatic rings. The molecule has 94 valence electrons. The SMILES string of the molecule is CN1C(=O)[C@@H]2[C@@H](c3ccccc3)NN(C)[C@H]2C1=O. The van der Waals surface area contributed by atoms with E-state index in [0.29, 0.717) is 0 Å². The molecule has 2 aliphatic heterocycles. The van der Waals surface area contributed by atoms with Crippen molar-refractivity contribution < 1.29 is 9.59 Å². The molecule has 2 amide bonds. The summed E-state index contributed by atoms with van der Waals surface area (Å²) in [5.41, 5.74) is 4.25. The zero-order valence-electron chi connectivity index (χ0n) is 10.3. The molecule has 2 saturated heterocycles. The van der Waals surface area contributed by atoms with E-state index in [0.717, 1.165) is 5.56 Å². The van der Waals surface area contributed by atoms with Crippen molar-refractivity contribution in [1.82, 2.24) is 15.3 Å². The van der Waals surface area contributed by atoms with Gasteiger partial charge in [0.25, 0.3) is 0 Å². The minimum atomic E-state index is -0.382. The van der Waals surface area contributed by atoms with Crippen molar-refractivity contribution in [2.45, 2.75) is 12.1 Å². The Hall–Kier alpha value is -1.72. The van der Waals surface area contributed by atoms with Gasteiger partial charge in [-0.2, -0.15) is 0 Å². The van der Waals surface area contributed by atoms with Gasteiger partial charge in [-0.1, -0.05) is 30.3 Å². The Kier molecular flexibility index (Phi) is 2.46. The predicted molar refractivity (Wildman–Crippen MR) is 65.1 cm³/mol. The number of rotatable bonds is 1. The lowest BCUT2D eigenvalue weighted by Crippen LogP contribution is -2.41. The third-order valence-electron chi connectivity index (χ3n) is 3.82. The molecule has 18 heavy (non-hydrogen) atoms. The van der Waals surface area contributed by atoms with E-state index in [1.54, 1.807) is 12.1 Å². The summed E-state index contributed by atoms with van der Waals surface area (Å²) in [6, 6.07) is 9.27. The van der Waals surface area contributed by atoms with Gasteiger partial charge in [0.15, 0.2) is 0 Å². The second-order valence-corrected chi connectivity index (χ2v) is 4.83. The standard InChI is InChI=1S/C13H15N3O2/c1-15-12(17)9-10(8-6-4-3-5-7-8)14-16(2)11(9)13(15)18/h3-7,9-11,14H,1-2H3/t9-,10-,11-/m1/s1. The van der Waals surface area contributed by atoms with Crippen LogP contribution in [0.2, 0.25) is 0 Å². The molecule has 3 rings (SSSR count). The van der Waals surface area contributed by atoms with Crippen molar-refractivity contribution in [3.63, 3.8) is 0 Å². The Labute approximate surface area is 105 Å². The second kappa shape index (κ2) is 3.90. The van der Waals surface area contributed by atoms with Gasteiger partial charge in [0, 0.05) is 14.1 Å². The first-order valence-corrected chi connectivity index (χ1v) is 5.96. The lowest BCUT2D eigenvalue weighted by Gasteiger charge is -2.19. The topological polar surface area (TPSA) is 52.7 Å². The van der Waals surface area contributed by atoms with Crippen molar-refractivity contribution >= 4 is 11.8 Å². The molecule has 0 bridgehead atoms. The van der Waals surface area contributed by atoms with Gasteiger partial charge >= 0.3 is 0 Å². The molecule has 0 aliphatic carbocycles. The summed E-state index contributed by atoms with van der Waals surface area (Å²) < 4.78 is 0. The number of imide groups is 1. The molecule has 1 N–H and O–H groups in total. The van der Waals surface area contributed by atoms with Crippen molar-refractivity contribution in [2.75, 3.05) is 14.1 Å². The van der Waals surface area contributed by atoms with Crippen molar-refractivity contribution in [1.29, 1.82) is 0 Å². The molecular weight excluding hydrogens is 230 g/mol. The minimum absolute atomic E-state index is 0.101. The van der Waals surface area contributed by atoms with Crippen LogP contribution < -0.4 is 5.43 Å². The number of fused-ring (bicyclic) bond motifs is 1. The zero-order valence-corrected chi connectivity index (χ0v) is 10.3. The molecule has 5 heteroatoms. The molecule has 0 radical (unpaired) electrons. The van der Waals surface area contributed by atoms with Gasteiger partial charge in [-0.3, -0.25) is 14.5 Å². The fraction of sp³-hybridized carbons (Fsp3) is 0.385. The van der Waals surface area contributed by atoms with Gasteiger partial charge in [0.2, 0.25) is 11.8 Å². The monoisotopic (exact) mass is 245 g/mol. The Morgan fingerprint density at radius 3 is 2.39 bits per heavy atom. The van der Waals surface area contributed by atoms with E-state index in [1.165, 1.54) is 4.90 Å². The van der Waals surface area contributed by atoms with Gasteiger partial charge < -0.3 is 0 Å². The van der Waals surface area contributed by atoms with Crippen LogP contribution in [0.15, 0.2) is 30.3 Å². The highest BCUT2D eigenvalue weighted by Crippen LogP contribution is 2.38. The molecule has 2 heterocycles. The summed E-state index contributed by atoms with van der Waals surface area (Å²) in [7, 11) is 3.36. The van der Waals surface area contributed by atoms with Gasteiger partial charge in [-0.15, -0.1) is 0 Å². The average Bonchev–Trinajstić information content (AvgIpc) is 2.84. The smallest absolute Gasteiger partial charge is 0.248 e. The van der Waals surface area contributed by atoms with Crippen molar-refractivity contribution in [3.05, 3.63) is 35.9 Å². The Bertz CT molecular complexity index is 502. The number of benzene rings is 1. The largest absolute Gasteiger partial charge is 0.284 e. The molecule has 1 aromatic carbocycles. The van der Waals surface area contributed by atoms with Crippen LogP contribution in [0.4, 0.5) is 0 Å². The number of hydrogen-bond acceptors (Lipinski definition) is 4. The predicted octanol–water partition coefficient (Wildman–Crippen LogP) is 0.161. The summed E-state index contributed by atoms with van der Waals surface area (Å²) in [5.74, 6) is -0.552. The Morgan fingerprint density at radius 2 is 1.72 bits per heavy atom. The van der Waals surface area contributed by atoms with Crippen molar-refractivity contribution in [2.24, 2.45) is 5.92 Å². The summed E-state index contributed by atoms with van der Waals surface area (Å²) in [6.45, 7) is 0. The molecule has 0 saturated carbocycles. The van der Waals surface area contributed by atoms with Crippen molar-refractivity contribution in [3.8, 4) is 0 Å². The molecule has 1 aromatic rings. The number of nitrogens with zero attached hydrogens (tertiary/aromatic N) is 2. The van der Waals surface area contributed by atoms with E-state index in [4.69, 9.17) is 0 Å². The first kappa shape index (κ1) is 11.4. The maximum atomic E-state index is 12.2. The summed E-state index contributed by atoms with van der Waals surface area (Å²) >= 11 is 0. The summed E-state index contributed by atoms with van der Waals surface area (Å²) in [5, 5.41) is 1.76. The lowest BCUT2D eigenvalue weighted by molar-refractivity contribution is -0.139. The van der Waals surface area contributed by atoms with Crippen LogP contribution in [0.3, 0.4) is 0 Å². The molecule has 0 spiro atoms. The maximum absolute atomic E-state index is 12.2. The number of likely N-dealkylation sites (tertiary alicyclic amines) is 1. The third-order valence-corrected chi connectivity index (χ3v) is 3.82. The quantitative estimate of drug-likeness (QED) is 0.716. The molecule has 0 unspecified atom stereocenters. The molecule has 0 aromatic heterocycles. The third kappa shape index (κ3) is 1.41. The van der Waals surface area contributed by atoms with Gasteiger partial charge in [-0.05, 0) is 5.56 Å². The van der Waals surface area contributed by atoms with E-state index in [2.05, 4.69) is 5.43 Å². The molecule has 3 atom stereocenters. The van der Waals surface area contributed by atoms with Crippen LogP contribution in [-0.4, -0.2) is 41.9 Å². The fourth-order valence-corrected chi connectivity index (χ4v) is 2.87. The first-order chi connectivity index (χ1) is 8.61. The normalized spacial score (nSPS) is 32.1. The Balaban J connectivity index is 2.00. The van der Waals surface area contributed by atoms with Crippen LogP contribution in [0.25, 0.3) is 0 Å². The average molecular weight is 245 g/mol. The summed E-state index contributed by atoms with van der Waals surface area (Å²) in [4.78, 5) is 25.4. The number of carbonyl (C=O) groups excluding carboxylic acids is 2. The van der Waals surface area contributed by atoms with Crippen LogP contribution in [0.1, 0.15) is 11.6 Å². The molecular formula is C13H15N3O2. The van der Waals surface area contributed by atoms with Crippen LogP contribution in [-0.2, 0) is 9.59 Å². The maximum Gasteiger partial charge on any atom is 0.248 e. The van der Waals surface area contributed by atoms with Crippen LogP contribution >= 0.6 is 0 Å². The van der Waals surface area contributed by atoms with Crippen LogP contribution in [0, 0.1) is 5.92 Å². The lowest BCUT2D eigenvalue weighted by atomic mass is 9.91. The van der Waals surface area contributed by atoms with E-state index >= 15 is 0 Å². The molecule has 5 nitrogen and oxygen atoms in total. The minimum Gasteiger partial charge on any atom is -0.284 e. The fourth-order valence-electron chi connectivity index (χ4n) is 2.87. The highest BCUT2D eigenvalue weighted by molar-refractivity contribution is 6.07. The van der Waals surface area contributed by atoms with Gasteiger partial charge in [-0.25, -0.2) is 10.4 Å². The van der Waals surface area contributed by atoms with E-state index in [-0.39, 0.29) is 29.8 Å². The second-order valence-electron chi connectivity index (χ2n) is 4.83. The van der Waals surface area contributed by atoms with Gasteiger partial charge in [0.1, 0.15) is 6.04 Å². The summed E-state index contributed by atoms with van der Waals surface area (Å²) in [6.07, 6.45) is 0. The van der Waals surface area contributed by atoms with E-state index in [9.17, 15) is 9.59 Å². The number of hydrazine groups is 1. The Morgan fingerprint density at radius 1 is 1.06 bits per heavy atom. The van der Waals surface area contributed by atoms with E-state index in [1.807, 2.05) is 37.4 Å². The zero-order chi connectivity index (χ0) is 12.9. The number of likely N-dealkylation sites (N-methyl/N-ethyl adjacent to an activating group) is 2. The number of hydrogen-bond donors (Lipinski definition) is 1. The number of amides is 2. The van der Waals surface area contributed by atoms with Gasteiger partial charge in [0.05, 0.1) is 12.0 Å². The first-order valence-electron chi connectivity index (χ1n) is 5.96. The highest BCUT2D eigenvalue weighted by Gasteiger charge is 2.56. The number of nitrogens with one attached hydrogen (secondary N) is 1.